The van der Waals surface area contributed by atoms with E-state index >= 15 is 0 Å². The van der Waals surface area contributed by atoms with Gasteiger partial charge in [0.25, 0.3) is 0 Å². The molecule has 1 aliphatic carbocycles. The van der Waals surface area contributed by atoms with Gasteiger partial charge in [-0.3, -0.25) is 4.79 Å². The third kappa shape index (κ3) is 0.869. The largest absolute Gasteiger partial charge is 0.347 e. The van der Waals surface area contributed by atoms with Gasteiger partial charge >= 0.3 is 0 Å². The summed E-state index contributed by atoms with van der Waals surface area (Å²) >= 11 is 1.70. The molecule has 1 saturated carbocycles. The second kappa shape index (κ2) is 2.57. The molecule has 74 valence electrons. The van der Waals surface area contributed by atoms with E-state index in [1.54, 1.807) is 11.3 Å². The maximum absolute atomic E-state index is 11.5. The van der Waals surface area contributed by atoms with Crippen molar-refractivity contribution in [2.45, 2.75) is 32.2 Å². The van der Waals surface area contributed by atoms with Crippen molar-refractivity contribution in [2.24, 2.45) is 5.41 Å². The predicted molar refractivity (Wildman–Crippen MR) is 54.0 cm³/mol. The summed E-state index contributed by atoms with van der Waals surface area (Å²) in [6.07, 6.45) is 5.22. The molecule has 1 aromatic rings. The van der Waals surface area contributed by atoms with Gasteiger partial charge in [-0.25, -0.2) is 4.98 Å². The van der Waals surface area contributed by atoms with E-state index in [0.717, 1.165) is 17.8 Å². The first kappa shape index (κ1) is 8.41. The molecule has 14 heavy (non-hydrogen) atoms. The molecule has 1 amide bonds. The Labute approximate surface area is 86.5 Å². The highest BCUT2D eigenvalue weighted by atomic mass is 32.1. The van der Waals surface area contributed by atoms with Gasteiger partial charge in [0.15, 0.2) is 0 Å². The topological polar surface area (TPSA) is 42.0 Å². The SMILES string of the molecule is Cc1ncc(C2NC(=O)C23CCC3)s1. The van der Waals surface area contributed by atoms with Crippen LogP contribution in [0, 0.1) is 12.3 Å². The zero-order valence-corrected chi connectivity index (χ0v) is 8.86. The maximum Gasteiger partial charge on any atom is 0.229 e. The number of rotatable bonds is 1. The highest BCUT2D eigenvalue weighted by Crippen LogP contribution is 2.56. The summed E-state index contributed by atoms with van der Waals surface area (Å²) in [5, 5.41) is 4.08. The highest BCUT2D eigenvalue weighted by Gasteiger charge is 2.59. The molecule has 1 N–H and O–H groups in total. The molecule has 1 atom stereocenters. The molecule has 2 fully saturated rings. The molecule has 1 aromatic heterocycles. The van der Waals surface area contributed by atoms with Gasteiger partial charge in [-0.05, 0) is 19.8 Å². The third-order valence-corrected chi connectivity index (χ3v) is 4.43. The Morgan fingerprint density at radius 2 is 2.43 bits per heavy atom. The molecule has 4 heteroatoms. The van der Waals surface area contributed by atoms with Crippen molar-refractivity contribution in [1.29, 1.82) is 0 Å². The molecule has 3 rings (SSSR count). The maximum atomic E-state index is 11.5. The number of hydrogen-bond donors (Lipinski definition) is 1. The molecule has 1 aliphatic heterocycles. The molecule has 1 saturated heterocycles. The smallest absolute Gasteiger partial charge is 0.229 e. The van der Waals surface area contributed by atoms with E-state index in [0.29, 0.717) is 0 Å². The summed E-state index contributed by atoms with van der Waals surface area (Å²) in [5.74, 6) is 0.250. The average molecular weight is 208 g/mol. The van der Waals surface area contributed by atoms with Gasteiger partial charge in [-0.15, -0.1) is 11.3 Å². The molecular weight excluding hydrogens is 196 g/mol. The lowest BCUT2D eigenvalue weighted by Gasteiger charge is -2.54. The van der Waals surface area contributed by atoms with Crippen molar-refractivity contribution < 1.29 is 4.79 Å². The van der Waals surface area contributed by atoms with Crippen molar-refractivity contribution in [1.82, 2.24) is 10.3 Å². The van der Waals surface area contributed by atoms with Crippen LogP contribution >= 0.6 is 11.3 Å². The molecule has 1 spiro atoms. The molecule has 0 aromatic carbocycles. The van der Waals surface area contributed by atoms with Crippen LogP contribution < -0.4 is 5.32 Å². The van der Waals surface area contributed by atoms with E-state index < -0.39 is 0 Å². The second-order valence-corrected chi connectivity index (χ2v) is 5.46. The van der Waals surface area contributed by atoms with Crippen LogP contribution in [0.5, 0.6) is 0 Å². The van der Waals surface area contributed by atoms with Gasteiger partial charge in [-0.1, -0.05) is 6.42 Å². The lowest BCUT2D eigenvalue weighted by Crippen LogP contribution is -2.64. The predicted octanol–water partition coefficient (Wildman–Crippen LogP) is 1.79. The number of hydrogen-bond acceptors (Lipinski definition) is 3. The van der Waals surface area contributed by atoms with Gasteiger partial charge < -0.3 is 5.32 Å². The minimum absolute atomic E-state index is 0.0427. The van der Waals surface area contributed by atoms with Gasteiger partial charge in [0.1, 0.15) is 0 Å². The van der Waals surface area contributed by atoms with E-state index in [9.17, 15) is 4.79 Å². The molecule has 0 bridgehead atoms. The quantitative estimate of drug-likeness (QED) is 0.715. The van der Waals surface area contributed by atoms with E-state index in [1.807, 2.05) is 13.1 Å². The van der Waals surface area contributed by atoms with Crippen LogP contribution in [0.2, 0.25) is 0 Å². The first-order chi connectivity index (χ1) is 6.72. The third-order valence-electron chi connectivity index (χ3n) is 3.45. The molecule has 2 aliphatic rings. The second-order valence-electron chi connectivity index (χ2n) is 4.20. The van der Waals surface area contributed by atoms with Crippen LogP contribution in [-0.4, -0.2) is 10.9 Å². The van der Waals surface area contributed by atoms with Crippen LogP contribution in [0.15, 0.2) is 6.20 Å². The molecular formula is C10H12N2OS. The minimum Gasteiger partial charge on any atom is -0.347 e. The summed E-state index contributed by atoms with van der Waals surface area (Å²) in [7, 11) is 0. The fourth-order valence-electron chi connectivity index (χ4n) is 2.39. The number of carbonyl (C=O) groups excluding carboxylic acids is 1. The first-order valence-electron chi connectivity index (χ1n) is 4.96. The van der Waals surface area contributed by atoms with Gasteiger partial charge in [0, 0.05) is 11.1 Å². The molecule has 0 radical (unpaired) electrons. The van der Waals surface area contributed by atoms with E-state index in [-0.39, 0.29) is 17.4 Å². The van der Waals surface area contributed by atoms with E-state index in [2.05, 4.69) is 10.3 Å². The molecule has 1 unspecified atom stereocenters. The number of β-lactam (4-membered cyclic amide) rings is 1. The van der Waals surface area contributed by atoms with Crippen LogP contribution in [-0.2, 0) is 4.79 Å². The summed E-state index contributed by atoms with van der Waals surface area (Å²) in [6.45, 7) is 2.00. The first-order valence-corrected chi connectivity index (χ1v) is 5.77. The standard InChI is InChI=1S/C10H12N2OS/c1-6-11-5-7(14-6)8-10(3-2-4-10)9(13)12-8/h5,8H,2-4H2,1H3,(H,12,13). The van der Waals surface area contributed by atoms with Crippen molar-refractivity contribution in [2.75, 3.05) is 0 Å². The fraction of sp³-hybridized carbons (Fsp3) is 0.600. The summed E-state index contributed by atoms with van der Waals surface area (Å²) in [6, 6.07) is 0.259. The van der Waals surface area contributed by atoms with Gasteiger partial charge in [0.2, 0.25) is 5.91 Å². The highest BCUT2D eigenvalue weighted by molar-refractivity contribution is 7.11. The Morgan fingerprint density at radius 3 is 2.86 bits per heavy atom. The number of nitrogens with one attached hydrogen (secondary N) is 1. The number of thiazole rings is 1. The Balaban J connectivity index is 1.91. The zero-order chi connectivity index (χ0) is 9.76. The monoisotopic (exact) mass is 208 g/mol. The van der Waals surface area contributed by atoms with Crippen LogP contribution in [0.3, 0.4) is 0 Å². The van der Waals surface area contributed by atoms with E-state index in [4.69, 9.17) is 0 Å². The number of aromatic nitrogens is 1. The Bertz CT molecular complexity index is 395. The summed E-state index contributed by atoms with van der Waals surface area (Å²) in [4.78, 5) is 17.0. The lowest BCUT2D eigenvalue weighted by molar-refractivity contribution is -0.155. The van der Waals surface area contributed by atoms with Crippen LogP contribution in [0.1, 0.15) is 35.2 Å². The van der Waals surface area contributed by atoms with Crippen molar-refractivity contribution >= 4 is 17.2 Å². The molecule has 3 nitrogen and oxygen atoms in total. The van der Waals surface area contributed by atoms with E-state index in [1.165, 1.54) is 11.3 Å². The number of aryl methyl sites for hydroxylation is 1. The Morgan fingerprint density at radius 1 is 1.64 bits per heavy atom. The van der Waals surface area contributed by atoms with Gasteiger partial charge in [-0.2, -0.15) is 0 Å². The van der Waals surface area contributed by atoms with Crippen LogP contribution in [0.4, 0.5) is 0 Å². The van der Waals surface area contributed by atoms with Gasteiger partial charge in [0.05, 0.1) is 16.5 Å². The van der Waals surface area contributed by atoms with Crippen molar-refractivity contribution in [3.8, 4) is 0 Å². The number of carbonyl (C=O) groups is 1. The van der Waals surface area contributed by atoms with Crippen molar-refractivity contribution in [3.63, 3.8) is 0 Å². The van der Waals surface area contributed by atoms with Crippen LogP contribution in [0.25, 0.3) is 0 Å². The zero-order valence-electron chi connectivity index (χ0n) is 8.04. The summed E-state index contributed by atoms with van der Waals surface area (Å²) < 4.78 is 0. The molecule has 2 heterocycles. The average Bonchev–Trinajstić information content (AvgIpc) is 2.44. The Hall–Kier alpha value is -0.900. The Kier molecular flexibility index (Phi) is 1.54. The van der Waals surface area contributed by atoms with Crippen molar-refractivity contribution in [3.05, 3.63) is 16.1 Å². The minimum atomic E-state index is -0.0427. The fourth-order valence-corrected chi connectivity index (χ4v) is 3.35. The number of nitrogens with zero attached hydrogens (tertiary/aromatic N) is 1. The number of amides is 1. The summed E-state index contributed by atoms with van der Waals surface area (Å²) in [5.41, 5.74) is -0.0427. The normalized spacial score (nSPS) is 28.1. The lowest BCUT2D eigenvalue weighted by atomic mass is 9.58.